The highest BCUT2D eigenvalue weighted by Crippen LogP contribution is 2.50. The van der Waals surface area contributed by atoms with Gasteiger partial charge >= 0.3 is 0 Å². The summed E-state index contributed by atoms with van der Waals surface area (Å²) < 4.78 is 21.9. The molecular formula is C23H16FN5O. The number of rotatable bonds is 2. The third-order valence-corrected chi connectivity index (χ3v) is 5.49. The Hall–Kier alpha value is -4.00. The lowest BCUT2D eigenvalue weighted by Gasteiger charge is -2.38. The van der Waals surface area contributed by atoms with Crippen LogP contribution in [0.25, 0.3) is 5.70 Å². The molecule has 0 unspecified atom stereocenters. The zero-order valence-corrected chi connectivity index (χ0v) is 15.7. The molecule has 4 heterocycles. The largest absolute Gasteiger partial charge is 0.480 e. The van der Waals surface area contributed by atoms with Gasteiger partial charge in [-0.1, -0.05) is 30.3 Å². The van der Waals surface area contributed by atoms with Gasteiger partial charge in [-0.25, -0.2) is 9.07 Å². The van der Waals surface area contributed by atoms with E-state index in [1.807, 2.05) is 47.3 Å². The number of anilines is 1. The van der Waals surface area contributed by atoms with E-state index in [0.29, 0.717) is 5.95 Å². The summed E-state index contributed by atoms with van der Waals surface area (Å²) in [5.41, 5.74) is 4.69. The lowest BCUT2D eigenvalue weighted by molar-refractivity contribution is 0.223. The van der Waals surface area contributed by atoms with Gasteiger partial charge in [0.05, 0.1) is 5.70 Å². The zero-order valence-electron chi connectivity index (χ0n) is 15.7. The Morgan fingerprint density at radius 2 is 1.83 bits per heavy atom. The van der Waals surface area contributed by atoms with Gasteiger partial charge in [-0.15, -0.1) is 0 Å². The molecule has 2 aromatic heterocycles. The molecule has 0 saturated carbocycles. The standard InChI is InChI=1S/C23H16FN5O/c24-16-9-7-14(8-10-16)22-19-20(17-5-1-2-6-18(17)30-22)28-23-26-13-27-29(23)21(19)15-4-3-11-25-12-15/h1-13,21-22H,(H,26,27,28)/t21-,22+/m0/s1. The summed E-state index contributed by atoms with van der Waals surface area (Å²) in [6.45, 7) is 0. The van der Waals surface area contributed by atoms with Crippen molar-refractivity contribution in [2.75, 3.05) is 5.32 Å². The first-order chi connectivity index (χ1) is 14.8. The Bertz CT molecular complexity index is 1270. The normalized spacial score (nSPS) is 19.2. The number of hydrogen-bond acceptors (Lipinski definition) is 5. The van der Waals surface area contributed by atoms with Crippen LogP contribution in [-0.4, -0.2) is 19.7 Å². The molecule has 4 aromatic rings. The molecule has 2 aliphatic rings. The summed E-state index contributed by atoms with van der Waals surface area (Å²) in [6.07, 6.45) is 4.68. The highest BCUT2D eigenvalue weighted by Gasteiger charge is 2.40. The minimum absolute atomic E-state index is 0.268. The predicted octanol–water partition coefficient (Wildman–Crippen LogP) is 4.37. The molecule has 6 nitrogen and oxygen atoms in total. The SMILES string of the molecule is Fc1ccc([C@H]2Oc3ccccc3C3=C2[C@H](c2cccnc2)n2ncnc2N3)cc1. The molecule has 1 N–H and O–H groups in total. The van der Waals surface area contributed by atoms with Gasteiger partial charge in [0.2, 0.25) is 5.95 Å². The average molecular weight is 397 g/mol. The lowest BCUT2D eigenvalue weighted by atomic mass is 9.85. The Labute approximate surface area is 171 Å². The summed E-state index contributed by atoms with van der Waals surface area (Å²) in [5.74, 6) is 1.13. The van der Waals surface area contributed by atoms with Gasteiger partial charge in [0.1, 0.15) is 30.0 Å². The second-order valence-electron chi connectivity index (χ2n) is 7.22. The number of pyridine rings is 1. The minimum Gasteiger partial charge on any atom is -0.480 e. The van der Waals surface area contributed by atoms with Crippen molar-refractivity contribution >= 4 is 11.6 Å². The van der Waals surface area contributed by atoms with Gasteiger partial charge in [0.15, 0.2) is 0 Å². The Morgan fingerprint density at radius 3 is 2.67 bits per heavy atom. The molecule has 0 bridgehead atoms. The van der Waals surface area contributed by atoms with Crippen LogP contribution in [0.15, 0.2) is 85.0 Å². The number of ether oxygens (including phenoxy) is 1. The molecule has 2 aromatic carbocycles. The van der Waals surface area contributed by atoms with Crippen LogP contribution in [0.2, 0.25) is 0 Å². The van der Waals surface area contributed by atoms with E-state index >= 15 is 0 Å². The second kappa shape index (κ2) is 6.52. The van der Waals surface area contributed by atoms with E-state index in [0.717, 1.165) is 33.7 Å². The summed E-state index contributed by atoms with van der Waals surface area (Å²) in [5, 5.41) is 7.91. The zero-order chi connectivity index (χ0) is 20.1. The first kappa shape index (κ1) is 16.9. The highest BCUT2D eigenvalue weighted by atomic mass is 19.1. The van der Waals surface area contributed by atoms with E-state index in [1.54, 1.807) is 18.3 Å². The van der Waals surface area contributed by atoms with Crippen molar-refractivity contribution in [3.63, 3.8) is 0 Å². The van der Waals surface area contributed by atoms with Crippen LogP contribution in [-0.2, 0) is 0 Å². The summed E-state index contributed by atoms with van der Waals surface area (Å²) >= 11 is 0. The molecule has 7 heteroatoms. The van der Waals surface area contributed by atoms with Gasteiger partial charge < -0.3 is 10.1 Å². The number of nitrogens with zero attached hydrogens (tertiary/aromatic N) is 4. The van der Waals surface area contributed by atoms with Crippen LogP contribution in [0.1, 0.15) is 28.8 Å². The number of halogens is 1. The van der Waals surface area contributed by atoms with E-state index in [-0.39, 0.29) is 11.9 Å². The fraction of sp³-hybridized carbons (Fsp3) is 0.0870. The van der Waals surface area contributed by atoms with Crippen molar-refractivity contribution in [2.24, 2.45) is 0 Å². The molecule has 2 aliphatic heterocycles. The Morgan fingerprint density at radius 1 is 0.967 bits per heavy atom. The van der Waals surface area contributed by atoms with Crippen molar-refractivity contribution in [1.82, 2.24) is 19.7 Å². The van der Waals surface area contributed by atoms with E-state index in [2.05, 4.69) is 20.4 Å². The first-order valence-electron chi connectivity index (χ1n) is 9.61. The molecule has 0 radical (unpaired) electrons. The van der Waals surface area contributed by atoms with E-state index in [9.17, 15) is 4.39 Å². The number of para-hydroxylation sites is 1. The summed E-state index contributed by atoms with van der Waals surface area (Å²) in [6, 6.07) is 18.0. The molecule has 0 amide bonds. The average Bonchev–Trinajstić information content (AvgIpc) is 3.26. The summed E-state index contributed by atoms with van der Waals surface area (Å²) in [4.78, 5) is 8.72. The maximum atomic E-state index is 13.6. The fourth-order valence-electron chi connectivity index (χ4n) is 4.19. The van der Waals surface area contributed by atoms with Crippen molar-refractivity contribution in [2.45, 2.75) is 12.1 Å². The number of benzene rings is 2. The number of aromatic nitrogens is 4. The number of nitrogens with one attached hydrogen (secondary N) is 1. The van der Waals surface area contributed by atoms with Crippen molar-refractivity contribution in [1.29, 1.82) is 0 Å². The molecule has 146 valence electrons. The van der Waals surface area contributed by atoms with Crippen LogP contribution < -0.4 is 10.1 Å². The lowest BCUT2D eigenvalue weighted by Crippen LogP contribution is -2.32. The van der Waals surface area contributed by atoms with Crippen LogP contribution >= 0.6 is 0 Å². The first-order valence-corrected chi connectivity index (χ1v) is 9.61. The van der Waals surface area contributed by atoms with Crippen LogP contribution in [0.5, 0.6) is 5.75 Å². The van der Waals surface area contributed by atoms with E-state index in [4.69, 9.17) is 4.74 Å². The van der Waals surface area contributed by atoms with E-state index in [1.165, 1.54) is 18.5 Å². The maximum Gasteiger partial charge on any atom is 0.226 e. The van der Waals surface area contributed by atoms with Crippen molar-refractivity contribution in [3.8, 4) is 5.75 Å². The van der Waals surface area contributed by atoms with Gasteiger partial charge in [-0.3, -0.25) is 4.98 Å². The number of hydrogen-bond donors (Lipinski definition) is 1. The number of fused-ring (bicyclic) bond motifs is 3. The molecule has 2 atom stereocenters. The molecule has 6 rings (SSSR count). The molecule has 0 aliphatic carbocycles. The molecule has 0 fully saturated rings. The molecule has 0 saturated heterocycles. The smallest absolute Gasteiger partial charge is 0.226 e. The van der Waals surface area contributed by atoms with Gasteiger partial charge in [0.25, 0.3) is 0 Å². The Kier molecular flexibility index (Phi) is 3.67. The van der Waals surface area contributed by atoms with Crippen LogP contribution in [0.4, 0.5) is 10.3 Å². The van der Waals surface area contributed by atoms with Gasteiger partial charge in [-0.2, -0.15) is 10.1 Å². The molecule has 0 spiro atoms. The third kappa shape index (κ3) is 2.52. The molecular weight excluding hydrogens is 381 g/mol. The topological polar surface area (TPSA) is 64.9 Å². The second-order valence-corrected chi connectivity index (χ2v) is 7.22. The van der Waals surface area contributed by atoms with Gasteiger partial charge in [-0.05, 0) is 41.5 Å². The van der Waals surface area contributed by atoms with Crippen molar-refractivity contribution in [3.05, 3.63) is 107 Å². The predicted molar refractivity (Wildman–Crippen MR) is 109 cm³/mol. The van der Waals surface area contributed by atoms with Crippen LogP contribution in [0.3, 0.4) is 0 Å². The van der Waals surface area contributed by atoms with E-state index < -0.39 is 6.10 Å². The maximum absolute atomic E-state index is 13.6. The highest BCUT2D eigenvalue weighted by molar-refractivity contribution is 5.85. The monoisotopic (exact) mass is 397 g/mol. The quantitative estimate of drug-likeness (QED) is 0.544. The molecule has 30 heavy (non-hydrogen) atoms. The fourth-order valence-corrected chi connectivity index (χ4v) is 4.19. The Balaban J connectivity index is 1.63. The van der Waals surface area contributed by atoms with Gasteiger partial charge in [0, 0.05) is 23.5 Å². The minimum atomic E-state index is -0.425. The van der Waals surface area contributed by atoms with Crippen molar-refractivity contribution < 1.29 is 9.13 Å². The third-order valence-electron chi connectivity index (χ3n) is 5.49. The van der Waals surface area contributed by atoms with Crippen LogP contribution in [0, 0.1) is 5.82 Å². The summed E-state index contributed by atoms with van der Waals surface area (Å²) in [7, 11) is 0.